The molecule has 1 aliphatic heterocycles. The molecule has 0 bridgehead atoms. The van der Waals surface area contributed by atoms with E-state index in [2.05, 4.69) is 10.4 Å². The maximum Gasteiger partial charge on any atom is 0.256 e. The van der Waals surface area contributed by atoms with Crippen molar-refractivity contribution < 1.29 is 9.00 Å². The van der Waals surface area contributed by atoms with Crippen molar-refractivity contribution in [2.24, 2.45) is 0 Å². The van der Waals surface area contributed by atoms with Crippen molar-refractivity contribution in [2.45, 2.75) is 25.4 Å². The number of rotatable bonds is 3. The van der Waals surface area contributed by atoms with Gasteiger partial charge in [0.15, 0.2) is 0 Å². The highest BCUT2D eigenvalue weighted by atomic mass is 35.5. The van der Waals surface area contributed by atoms with E-state index in [1.807, 2.05) is 44.2 Å². The highest BCUT2D eigenvalue weighted by Gasteiger charge is 2.28. The molecule has 2 aromatic carbocycles. The molecule has 1 unspecified atom stereocenters. The molecule has 0 saturated heterocycles. The Morgan fingerprint density at radius 3 is 2.59 bits per heavy atom. The van der Waals surface area contributed by atoms with Crippen molar-refractivity contribution in [1.82, 2.24) is 9.78 Å². The Morgan fingerprint density at radius 1 is 1.15 bits per heavy atom. The molecule has 7 heteroatoms. The second kappa shape index (κ2) is 6.94. The maximum atomic E-state index is 12.9. The zero-order chi connectivity index (χ0) is 19.1. The lowest BCUT2D eigenvalue weighted by molar-refractivity contribution is 0.102. The summed E-state index contributed by atoms with van der Waals surface area (Å²) in [4.78, 5) is 12.9. The normalized spacial score (nSPS) is 15.6. The van der Waals surface area contributed by atoms with Crippen LogP contribution in [0.25, 0.3) is 5.69 Å². The summed E-state index contributed by atoms with van der Waals surface area (Å²) in [5.41, 5.74) is 4.96. The molecule has 0 saturated carbocycles. The number of hydrogen-bond donors (Lipinski definition) is 1. The monoisotopic (exact) mass is 399 g/mol. The highest BCUT2D eigenvalue weighted by Crippen LogP contribution is 2.32. The summed E-state index contributed by atoms with van der Waals surface area (Å²) < 4.78 is 13.7. The van der Waals surface area contributed by atoms with Gasteiger partial charge in [-0.1, -0.05) is 34.9 Å². The molecule has 4 rings (SSSR count). The molecular formula is C20H18ClN3O2S. The smallest absolute Gasteiger partial charge is 0.256 e. The Kier molecular flexibility index (Phi) is 4.61. The Bertz CT molecular complexity index is 1070. The number of nitrogens with zero attached hydrogens (tertiary/aromatic N) is 2. The third kappa shape index (κ3) is 3.55. The van der Waals surface area contributed by atoms with E-state index in [0.29, 0.717) is 27.9 Å². The molecule has 2 heterocycles. The molecule has 0 radical (unpaired) electrons. The standard InChI is InChI=1S/C20H18ClN3O2S/c1-12-6-13(2)8-14(7-12)20(25)22-19-17-10-27(26)11-18(17)23-24(19)16-5-3-4-15(21)9-16/h3-9H,10-11H2,1-2H3,(H,22,25). The number of hydrogen-bond acceptors (Lipinski definition) is 3. The molecule has 1 aromatic heterocycles. The van der Waals surface area contributed by atoms with Crippen molar-refractivity contribution in [3.8, 4) is 5.69 Å². The lowest BCUT2D eigenvalue weighted by Gasteiger charge is -2.12. The average molecular weight is 400 g/mol. The lowest BCUT2D eigenvalue weighted by Crippen LogP contribution is -2.17. The number of fused-ring (bicyclic) bond motifs is 1. The lowest BCUT2D eigenvalue weighted by atomic mass is 10.1. The second-order valence-electron chi connectivity index (χ2n) is 6.72. The number of benzene rings is 2. The van der Waals surface area contributed by atoms with Crippen molar-refractivity contribution in [3.63, 3.8) is 0 Å². The van der Waals surface area contributed by atoms with Crippen LogP contribution in [-0.4, -0.2) is 19.9 Å². The van der Waals surface area contributed by atoms with Gasteiger partial charge < -0.3 is 5.32 Å². The van der Waals surface area contributed by atoms with Crippen LogP contribution in [0.4, 0.5) is 5.82 Å². The SMILES string of the molecule is Cc1cc(C)cc(C(=O)Nc2c3c(nn2-c2cccc(Cl)c2)CS(=O)C3)c1. The molecule has 1 aliphatic rings. The molecule has 0 aliphatic carbocycles. The number of anilines is 1. The molecule has 3 aromatic rings. The van der Waals surface area contributed by atoms with Gasteiger partial charge in [-0.3, -0.25) is 9.00 Å². The maximum absolute atomic E-state index is 12.9. The molecular weight excluding hydrogens is 382 g/mol. The molecule has 1 amide bonds. The van der Waals surface area contributed by atoms with Crippen molar-refractivity contribution in [2.75, 3.05) is 5.32 Å². The third-order valence-corrected chi connectivity index (χ3v) is 5.88. The summed E-state index contributed by atoms with van der Waals surface area (Å²) in [6, 6.07) is 13.0. The minimum atomic E-state index is -0.987. The number of aryl methyl sites for hydroxylation is 2. The first-order chi connectivity index (χ1) is 12.9. The van der Waals surface area contributed by atoms with Crippen molar-refractivity contribution >= 4 is 34.1 Å². The van der Waals surface area contributed by atoms with Gasteiger partial charge in [0.05, 0.1) is 22.9 Å². The number of halogens is 1. The zero-order valence-corrected chi connectivity index (χ0v) is 16.5. The van der Waals surface area contributed by atoms with Gasteiger partial charge in [-0.15, -0.1) is 0 Å². The summed E-state index contributed by atoms with van der Waals surface area (Å²) in [5, 5.41) is 8.15. The van der Waals surface area contributed by atoms with Crippen LogP contribution in [0.5, 0.6) is 0 Å². The Hall–Kier alpha value is -2.44. The van der Waals surface area contributed by atoms with Crippen LogP contribution < -0.4 is 5.32 Å². The predicted octanol–water partition coefficient (Wildman–Crippen LogP) is 4.16. The minimum Gasteiger partial charge on any atom is -0.306 e. The van der Waals surface area contributed by atoms with E-state index in [4.69, 9.17) is 11.6 Å². The summed E-state index contributed by atoms with van der Waals surface area (Å²) in [5.74, 6) is 1.13. The first kappa shape index (κ1) is 17.9. The molecule has 0 spiro atoms. The average Bonchev–Trinajstić information content (AvgIpc) is 3.11. The van der Waals surface area contributed by atoms with Gasteiger partial charge in [0.2, 0.25) is 0 Å². The first-order valence-electron chi connectivity index (χ1n) is 8.52. The van der Waals surface area contributed by atoms with E-state index in [1.165, 1.54) is 0 Å². The number of aromatic nitrogens is 2. The number of carbonyl (C=O) groups excluding carboxylic acids is 1. The van der Waals surface area contributed by atoms with Crippen molar-refractivity contribution in [1.29, 1.82) is 0 Å². The first-order valence-corrected chi connectivity index (χ1v) is 10.4. The van der Waals surface area contributed by atoms with Gasteiger partial charge >= 0.3 is 0 Å². The van der Waals surface area contributed by atoms with Crippen LogP contribution in [0.15, 0.2) is 42.5 Å². The molecule has 138 valence electrons. The van der Waals surface area contributed by atoms with Gasteiger partial charge in [0, 0.05) is 26.9 Å². The fourth-order valence-electron chi connectivity index (χ4n) is 3.34. The quantitative estimate of drug-likeness (QED) is 0.719. The van der Waals surface area contributed by atoms with Crippen LogP contribution >= 0.6 is 11.6 Å². The molecule has 27 heavy (non-hydrogen) atoms. The summed E-state index contributed by atoms with van der Waals surface area (Å²) in [6.45, 7) is 3.92. The second-order valence-corrected chi connectivity index (χ2v) is 8.62. The minimum absolute atomic E-state index is 0.217. The fourth-order valence-corrected chi connectivity index (χ4v) is 4.79. The van der Waals surface area contributed by atoms with Crippen LogP contribution in [-0.2, 0) is 22.3 Å². The molecule has 5 nitrogen and oxygen atoms in total. The van der Waals surface area contributed by atoms with Gasteiger partial charge in [-0.2, -0.15) is 5.10 Å². The predicted molar refractivity (Wildman–Crippen MR) is 108 cm³/mol. The van der Waals surface area contributed by atoms with Gasteiger partial charge in [0.25, 0.3) is 5.91 Å². The zero-order valence-electron chi connectivity index (χ0n) is 15.0. The molecule has 1 atom stereocenters. The number of carbonyl (C=O) groups is 1. The highest BCUT2D eigenvalue weighted by molar-refractivity contribution is 7.83. The van der Waals surface area contributed by atoms with Crippen LogP contribution in [0.3, 0.4) is 0 Å². The van der Waals surface area contributed by atoms with Gasteiger partial charge in [-0.25, -0.2) is 4.68 Å². The summed E-state index contributed by atoms with van der Waals surface area (Å²) in [7, 11) is -0.987. The Balaban J connectivity index is 1.77. The van der Waals surface area contributed by atoms with Crippen LogP contribution in [0.2, 0.25) is 5.02 Å². The van der Waals surface area contributed by atoms with E-state index in [9.17, 15) is 9.00 Å². The van der Waals surface area contributed by atoms with E-state index in [-0.39, 0.29) is 5.91 Å². The largest absolute Gasteiger partial charge is 0.306 e. The van der Waals surface area contributed by atoms with E-state index >= 15 is 0 Å². The summed E-state index contributed by atoms with van der Waals surface area (Å²) >= 11 is 6.12. The van der Waals surface area contributed by atoms with E-state index in [1.54, 1.807) is 16.8 Å². The van der Waals surface area contributed by atoms with Gasteiger partial charge in [0.1, 0.15) is 5.82 Å². The van der Waals surface area contributed by atoms with Crippen molar-refractivity contribution in [3.05, 3.63) is 75.4 Å². The third-order valence-electron chi connectivity index (χ3n) is 4.44. The number of nitrogens with one attached hydrogen (secondary N) is 1. The fraction of sp³-hybridized carbons (Fsp3) is 0.200. The topological polar surface area (TPSA) is 64.0 Å². The molecule has 0 fully saturated rings. The van der Waals surface area contributed by atoms with E-state index < -0.39 is 10.8 Å². The summed E-state index contributed by atoms with van der Waals surface area (Å²) in [6.07, 6.45) is 0. The number of amides is 1. The Labute approximate surface area is 164 Å². The van der Waals surface area contributed by atoms with Gasteiger partial charge in [-0.05, 0) is 44.2 Å². The van der Waals surface area contributed by atoms with Crippen LogP contribution in [0, 0.1) is 13.8 Å². The van der Waals surface area contributed by atoms with E-state index in [0.717, 1.165) is 28.1 Å². The van der Waals surface area contributed by atoms with Crippen LogP contribution in [0.1, 0.15) is 32.7 Å². The Morgan fingerprint density at radius 2 is 1.89 bits per heavy atom. The molecule has 1 N–H and O–H groups in total.